The molecule has 0 atom stereocenters. The van der Waals surface area contributed by atoms with Gasteiger partial charge in [0.05, 0.1) is 29.7 Å². The zero-order chi connectivity index (χ0) is 13.2. The summed E-state index contributed by atoms with van der Waals surface area (Å²) in [4.78, 5) is 20.9. The minimum absolute atomic E-state index is 0.104. The predicted octanol–water partition coefficient (Wildman–Crippen LogP) is 2.73. The van der Waals surface area contributed by atoms with E-state index in [1.54, 1.807) is 0 Å². The van der Waals surface area contributed by atoms with Gasteiger partial charge in [-0.15, -0.1) is 0 Å². The van der Waals surface area contributed by atoms with Crippen molar-refractivity contribution in [2.75, 3.05) is 14.2 Å². The number of aldehydes is 1. The molecule has 0 unspecified atom stereocenters. The van der Waals surface area contributed by atoms with Crippen molar-refractivity contribution < 1.29 is 19.2 Å². The first-order valence-corrected chi connectivity index (χ1v) is 4.97. The number of nitro groups is 1. The second kappa shape index (κ2) is 5.20. The highest BCUT2D eigenvalue weighted by molar-refractivity contribution is 6.41. The van der Waals surface area contributed by atoms with Crippen LogP contribution in [0.1, 0.15) is 10.4 Å². The first-order chi connectivity index (χ1) is 7.99. The van der Waals surface area contributed by atoms with E-state index in [1.807, 2.05) is 0 Å². The van der Waals surface area contributed by atoms with E-state index in [0.29, 0.717) is 6.29 Å². The monoisotopic (exact) mass is 279 g/mol. The first kappa shape index (κ1) is 13.5. The fraction of sp³-hybridized carbons (Fsp3) is 0.222. The number of carbonyl (C=O) groups is 1. The van der Waals surface area contributed by atoms with Gasteiger partial charge in [0, 0.05) is 0 Å². The largest absolute Gasteiger partial charge is 0.491 e. The van der Waals surface area contributed by atoms with E-state index in [2.05, 4.69) is 0 Å². The number of hydrogen-bond acceptors (Lipinski definition) is 5. The van der Waals surface area contributed by atoms with Crippen LogP contribution in [-0.4, -0.2) is 25.4 Å². The summed E-state index contributed by atoms with van der Waals surface area (Å²) in [6.45, 7) is 0. The second-order valence-electron chi connectivity index (χ2n) is 2.83. The fourth-order valence-electron chi connectivity index (χ4n) is 1.29. The summed E-state index contributed by atoms with van der Waals surface area (Å²) >= 11 is 11.6. The number of ether oxygens (including phenoxy) is 2. The molecule has 0 saturated heterocycles. The van der Waals surface area contributed by atoms with Crippen LogP contribution in [0.2, 0.25) is 10.0 Å². The molecule has 1 rings (SSSR count). The number of benzene rings is 1. The summed E-state index contributed by atoms with van der Waals surface area (Å²) in [5, 5.41) is 10.4. The molecule has 0 aliphatic heterocycles. The zero-order valence-electron chi connectivity index (χ0n) is 8.82. The van der Waals surface area contributed by atoms with Crippen LogP contribution in [0.3, 0.4) is 0 Å². The molecule has 0 saturated carbocycles. The highest BCUT2D eigenvalue weighted by Gasteiger charge is 2.31. The zero-order valence-corrected chi connectivity index (χ0v) is 10.3. The van der Waals surface area contributed by atoms with Gasteiger partial charge >= 0.3 is 5.69 Å². The lowest BCUT2D eigenvalue weighted by molar-refractivity contribution is -0.385. The van der Waals surface area contributed by atoms with E-state index in [0.717, 1.165) is 0 Å². The molecule has 0 aromatic heterocycles. The van der Waals surface area contributed by atoms with Crippen LogP contribution < -0.4 is 9.47 Å². The number of nitro benzene ring substituents is 1. The van der Waals surface area contributed by atoms with Crippen molar-refractivity contribution in [2.45, 2.75) is 0 Å². The first-order valence-electron chi connectivity index (χ1n) is 4.22. The van der Waals surface area contributed by atoms with Gasteiger partial charge in [-0.2, -0.15) is 0 Å². The minimum atomic E-state index is -0.771. The van der Waals surface area contributed by atoms with Crippen molar-refractivity contribution in [1.82, 2.24) is 0 Å². The lowest BCUT2D eigenvalue weighted by Gasteiger charge is -2.12. The summed E-state index contributed by atoms with van der Waals surface area (Å²) in [6, 6.07) is 0. The summed E-state index contributed by atoms with van der Waals surface area (Å²) in [5.74, 6) is -0.328. The SMILES string of the molecule is COc1c(Cl)c(C=O)c(Cl)c([N+](=O)[O-])c1OC. The molecule has 92 valence electrons. The molecule has 0 aliphatic rings. The van der Waals surface area contributed by atoms with Crippen molar-refractivity contribution in [2.24, 2.45) is 0 Å². The van der Waals surface area contributed by atoms with Crippen molar-refractivity contribution in [3.63, 3.8) is 0 Å². The van der Waals surface area contributed by atoms with Crippen molar-refractivity contribution >= 4 is 35.2 Å². The molecule has 0 N–H and O–H groups in total. The summed E-state index contributed by atoms with van der Waals surface area (Å²) < 4.78 is 9.71. The Morgan fingerprint density at radius 3 is 2.06 bits per heavy atom. The Balaban J connectivity index is 3.81. The molecule has 1 aromatic rings. The molecular weight excluding hydrogens is 273 g/mol. The van der Waals surface area contributed by atoms with Gasteiger partial charge in [0.25, 0.3) is 0 Å². The lowest BCUT2D eigenvalue weighted by Crippen LogP contribution is -2.01. The molecule has 1 aromatic carbocycles. The molecule has 0 fully saturated rings. The van der Waals surface area contributed by atoms with Crippen LogP contribution in [0, 0.1) is 10.1 Å². The van der Waals surface area contributed by atoms with Gasteiger partial charge in [-0.25, -0.2) is 0 Å². The van der Waals surface area contributed by atoms with E-state index < -0.39 is 10.6 Å². The predicted molar refractivity (Wildman–Crippen MR) is 61.6 cm³/mol. The Bertz CT molecular complexity index is 489. The number of nitrogens with zero attached hydrogens (tertiary/aromatic N) is 1. The quantitative estimate of drug-likeness (QED) is 0.481. The maximum absolute atomic E-state index is 10.9. The fourth-order valence-corrected chi connectivity index (χ4v) is 1.94. The Hall–Kier alpha value is -1.53. The van der Waals surface area contributed by atoms with Crippen LogP contribution >= 0.6 is 23.2 Å². The topological polar surface area (TPSA) is 78.7 Å². The number of rotatable bonds is 4. The van der Waals surface area contributed by atoms with E-state index in [4.69, 9.17) is 32.7 Å². The van der Waals surface area contributed by atoms with Gasteiger partial charge in [-0.05, 0) is 0 Å². The van der Waals surface area contributed by atoms with E-state index in [-0.39, 0.29) is 27.1 Å². The summed E-state index contributed by atoms with van der Waals surface area (Å²) in [5.41, 5.74) is -0.768. The Morgan fingerprint density at radius 1 is 1.18 bits per heavy atom. The van der Waals surface area contributed by atoms with Crippen LogP contribution in [0.25, 0.3) is 0 Å². The molecule has 0 bridgehead atoms. The molecule has 0 spiro atoms. The van der Waals surface area contributed by atoms with Gasteiger partial charge in [0.2, 0.25) is 5.75 Å². The number of methoxy groups -OCH3 is 2. The average molecular weight is 280 g/mol. The van der Waals surface area contributed by atoms with Gasteiger partial charge in [-0.1, -0.05) is 23.2 Å². The van der Waals surface area contributed by atoms with Gasteiger partial charge in [-0.3, -0.25) is 14.9 Å². The van der Waals surface area contributed by atoms with E-state index in [1.165, 1.54) is 14.2 Å². The van der Waals surface area contributed by atoms with E-state index in [9.17, 15) is 14.9 Å². The van der Waals surface area contributed by atoms with Crippen LogP contribution in [-0.2, 0) is 0 Å². The van der Waals surface area contributed by atoms with Crippen LogP contribution in [0.5, 0.6) is 11.5 Å². The average Bonchev–Trinajstić information content (AvgIpc) is 2.28. The Kier molecular flexibility index (Phi) is 4.14. The highest BCUT2D eigenvalue weighted by Crippen LogP contribution is 2.48. The van der Waals surface area contributed by atoms with Crippen molar-refractivity contribution in [3.8, 4) is 11.5 Å². The van der Waals surface area contributed by atoms with Crippen LogP contribution in [0.15, 0.2) is 0 Å². The summed E-state index contributed by atoms with van der Waals surface area (Å²) in [6.07, 6.45) is 0.319. The Morgan fingerprint density at radius 2 is 1.71 bits per heavy atom. The van der Waals surface area contributed by atoms with Crippen LogP contribution in [0.4, 0.5) is 5.69 Å². The molecule has 0 amide bonds. The molecule has 8 heteroatoms. The summed E-state index contributed by atoms with van der Waals surface area (Å²) in [7, 11) is 2.45. The third-order valence-corrected chi connectivity index (χ3v) is 2.77. The normalized spacial score (nSPS) is 9.88. The minimum Gasteiger partial charge on any atom is -0.491 e. The van der Waals surface area contributed by atoms with Gasteiger partial charge in [0.1, 0.15) is 5.02 Å². The third kappa shape index (κ3) is 2.13. The van der Waals surface area contributed by atoms with Gasteiger partial charge in [0.15, 0.2) is 12.0 Å². The van der Waals surface area contributed by atoms with Crippen molar-refractivity contribution in [3.05, 3.63) is 25.7 Å². The second-order valence-corrected chi connectivity index (χ2v) is 3.59. The van der Waals surface area contributed by atoms with E-state index >= 15 is 0 Å². The molecule has 0 heterocycles. The van der Waals surface area contributed by atoms with Gasteiger partial charge < -0.3 is 9.47 Å². The molecule has 17 heavy (non-hydrogen) atoms. The smallest absolute Gasteiger partial charge is 0.334 e. The number of carbonyl (C=O) groups excluding carboxylic acids is 1. The molecule has 6 nitrogen and oxygen atoms in total. The third-order valence-electron chi connectivity index (χ3n) is 2.01. The number of halogens is 2. The maximum atomic E-state index is 10.9. The standard InChI is InChI=1S/C9H7Cl2NO5/c1-16-8-6(11)4(3-13)5(10)7(12(14)15)9(8)17-2/h3H,1-2H3. The lowest BCUT2D eigenvalue weighted by atomic mass is 10.1. The highest BCUT2D eigenvalue weighted by atomic mass is 35.5. The number of hydrogen-bond donors (Lipinski definition) is 0. The molecule has 0 radical (unpaired) electrons. The Labute approximate surface area is 106 Å². The van der Waals surface area contributed by atoms with Crippen molar-refractivity contribution in [1.29, 1.82) is 0 Å². The maximum Gasteiger partial charge on any atom is 0.334 e. The molecule has 0 aliphatic carbocycles. The molecular formula is C9H7Cl2NO5.